The highest BCUT2D eigenvalue weighted by atomic mass is 15.2. The van der Waals surface area contributed by atoms with Gasteiger partial charge in [-0.15, -0.1) is 0 Å². The van der Waals surface area contributed by atoms with Gasteiger partial charge in [0, 0.05) is 50.5 Å². The molecule has 5 nitrogen and oxygen atoms in total. The predicted molar refractivity (Wildman–Crippen MR) is 112 cm³/mol. The fourth-order valence-electron chi connectivity index (χ4n) is 3.43. The molecule has 3 rings (SSSR count). The van der Waals surface area contributed by atoms with Crippen LogP contribution in [-0.4, -0.2) is 48.1 Å². The molecule has 1 unspecified atom stereocenters. The molecule has 1 aliphatic rings. The molecular formula is C22H31N5. The standard InChI is InChI=1S/C22H31N5/c1-3-23-22(25-14-11-21-10-6-7-13-24-21)26-16-18(2)27-15-12-19-8-4-5-9-20(19)17-27/h4-10,13,18H,3,11-12,14-17H2,1-2H3,(H2,23,25,26). The monoisotopic (exact) mass is 365 g/mol. The Bertz CT molecular complexity index is 728. The molecule has 0 spiro atoms. The molecule has 0 radical (unpaired) electrons. The van der Waals surface area contributed by atoms with Crippen molar-refractivity contribution in [3.05, 3.63) is 65.5 Å². The van der Waals surface area contributed by atoms with Gasteiger partial charge in [0.1, 0.15) is 0 Å². The first-order valence-corrected chi connectivity index (χ1v) is 9.99. The van der Waals surface area contributed by atoms with Gasteiger partial charge in [0.2, 0.25) is 0 Å². The lowest BCUT2D eigenvalue weighted by atomic mass is 9.99. The van der Waals surface area contributed by atoms with Crippen LogP contribution >= 0.6 is 0 Å². The number of rotatable bonds is 7. The van der Waals surface area contributed by atoms with E-state index in [0.717, 1.165) is 57.2 Å². The van der Waals surface area contributed by atoms with Gasteiger partial charge in [0.25, 0.3) is 0 Å². The van der Waals surface area contributed by atoms with Gasteiger partial charge in [-0.25, -0.2) is 0 Å². The van der Waals surface area contributed by atoms with Crippen LogP contribution in [0.15, 0.2) is 53.7 Å². The molecule has 0 saturated carbocycles. The van der Waals surface area contributed by atoms with E-state index in [1.165, 1.54) is 11.1 Å². The minimum atomic E-state index is 0.421. The van der Waals surface area contributed by atoms with E-state index < -0.39 is 0 Å². The molecule has 144 valence electrons. The van der Waals surface area contributed by atoms with E-state index in [9.17, 15) is 0 Å². The van der Waals surface area contributed by atoms with Crippen molar-refractivity contribution < 1.29 is 0 Å². The van der Waals surface area contributed by atoms with Crippen molar-refractivity contribution in [1.82, 2.24) is 20.5 Å². The first-order chi connectivity index (χ1) is 13.3. The Morgan fingerprint density at radius 2 is 1.96 bits per heavy atom. The summed E-state index contributed by atoms with van der Waals surface area (Å²) >= 11 is 0. The van der Waals surface area contributed by atoms with E-state index in [2.05, 4.69) is 64.7 Å². The Balaban J connectivity index is 1.50. The lowest BCUT2D eigenvalue weighted by molar-refractivity contribution is 0.195. The normalized spacial score (nSPS) is 15.9. The zero-order valence-corrected chi connectivity index (χ0v) is 16.5. The maximum Gasteiger partial charge on any atom is 0.191 e. The van der Waals surface area contributed by atoms with Gasteiger partial charge in [-0.3, -0.25) is 14.9 Å². The van der Waals surface area contributed by atoms with Crippen LogP contribution in [0.1, 0.15) is 30.7 Å². The molecule has 2 N–H and O–H groups in total. The zero-order chi connectivity index (χ0) is 18.9. The molecule has 0 fully saturated rings. The average molecular weight is 366 g/mol. The number of pyridine rings is 1. The SMILES string of the molecule is CCNC(=NCC(C)N1CCc2ccccc2C1)NCCc1ccccn1. The van der Waals surface area contributed by atoms with Crippen LogP contribution in [0.4, 0.5) is 0 Å². The van der Waals surface area contributed by atoms with E-state index in [0.29, 0.717) is 6.04 Å². The highest BCUT2D eigenvalue weighted by Crippen LogP contribution is 2.20. The van der Waals surface area contributed by atoms with E-state index in [1.54, 1.807) is 0 Å². The topological polar surface area (TPSA) is 52.6 Å². The summed E-state index contributed by atoms with van der Waals surface area (Å²) in [6, 6.07) is 15.2. The number of hydrogen-bond acceptors (Lipinski definition) is 3. The second-order valence-electron chi connectivity index (χ2n) is 7.06. The van der Waals surface area contributed by atoms with Crippen molar-refractivity contribution in [3.63, 3.8) is 0 Å². The van der Waals surface area contributed by atoms with Crippen LogP contribution in [0.2, 0.25) is 0 Å². The fourth-order valence-corrected chi connectivity index (χ4v) is 3.43. The number of nitrogens with one attached hydrogen (secondary N) is 2. The first-order valence-electron chi connectivity index (χ1n) is 9.99. The number of fused-ring (bicyclic) bond motifs is 1. The van der Waals surface area contributed by atoms with Gasteiger partial charge in [0.15, 0.2) is 5.96 Å². The molecular weight excluding hydrogens is 334 g/mol. The van der Waals surface area contributed by atoms with Crippen molar-refractivity contribution >= 4 is 5.96 Å². The highest BCUT2D eigenvalue weighted by molar-refractivity contribution is 5.79. The average Bonchev–Trinajstić information content (AvgIpc) is 2.72. The number of aliphatic imine (C=N–C) groups is 1. The van der Waals surface area contributed by atoms with Gasteiger partial charge >= 0.3 is 0 Å². The minimum absolute atomic E-state index is 0.421. The fraction of sp³-hybridized carbons (Fsp3) is 0.455. The van der Waals surface area contributed by atoms with Gasteiger partial charge in [-0.05, 0) is 43.5 Å². The van der Waals surface area contributed by atoms with Gasteiger partial charge in [0.05, 0.1) is 6.54 Å². The largest absolute Gasteiger partial charge is 0.357 e. The third kappa shape index (κ3) is 5.79. The molecule has 2 heterocycles. The van der Waals surface area contributed by atoms with Crippen LogP contribution in [0, 0.1) is 0 Å². The maximum absolute atomic E-state index is 4.81. The third-order valence-electron chi connectivity index (χ3n) is 5.04. The Morgan fingerprint density at radius 1 is 1.15 bits per heavy atom. The molecule has 0 aliphatic carbocycles. The second-order valence-corrected chi connectivity index (χ2v) is 7.06. The molecule has 2 aromatic rings. The Kier molecular flexibility index (Phi) is 7.22. The van der Waals surface area contributed by atoms with E-state index in [-0.39, 0.29) is 0 Å². The van der Waals surface area contributed by atoms with Crippen molar-refractivity contribution in [2.45, 2.75) is 39.3 Å². The van der Waals surface area contributed by atoms with Crippen molar-refractivity contribution in [1.29, 1.82) is 0 Å². The first kappa shape index (κ1) is 19.4. The molecule has 0 bridgehead atoms. The van der Waals surface area contributed by atoms with Crippen molar-refractivity contribution in [2.75, 3.05) is 26.2 Å². The number of benzene rings is 1. The molecule has 0 amide bonds. The van der Waals surface area contributed by atoms with Crippen molar-refractivity contribution in [3.8, 4) is 0 Å². The summed E-state index contributed by atoms with van der Waals surface area (Å²) in [5, 5.41) is 6.77. The number of hydrogen-bond donors (Lipinski definition) is 2. The molecule has 1 aromatic carbocycles. The Morgan fingerprint density at radius 3 is 2.74 bits per heavy atom. The van der Waals surface area contributed by atoms with Gasteiger partial charge in [-0.1, -0.05) is 30.3 Å². The molecule has 5 heteroatoms. The molecule has 1 atom stereocenters. The van der Waals surface area contributed by atoms with Gasteiger partial charge < -0.3 is 10.6 Å². The van der Waals surface area contributed by atoms with E-state index in [4.69, 9.17) is 4.99 Å². The lowest BCUT2D eigenvalue weighted by Gasteiger charge is -2.33. The zero-order valence-electron chi connectivity index (χ0n) is 16.5. The Hall–Kier alpha value is -2.40. The third-order valence-corrected chi connectivity index (χ3v) is 5.04. The summed E-state index contributed by atoms with van der Waals surface area (Å²) < 4.78 is 0. The van der Waals surface area contributed by atoms with Crippen LogP contribution < -0.4 is 10.6 Å². The van der Waals surface area contributed by atoms with Gasteiger partial charge in [-0.2, -0.15) is 0 Å². The highest BCUT2D eigenvalue weighted by Gasteiger charge is 2.20. The molecule has 0 saturated heterocycles. The summed E-state index contributed by atoms with van der Waals surface area (Å²) in [5.41, 5.74) is 4.05. The summed E-state index contributed by atoms with van der Waals surface area (Å²) in [6.45, 7) is 8.99. The number of guanidine groups is 1. The Labute approximate surface area is 162 Å². The predicted octanol–water partition coefficient (Wildman–Crippen LogP) is 2.63. The summed E-state index contributed by atoms with van der Waals surface area (Å²) in [4.78, 5) is 11.7. The van der Waals surface area contributed by atoms with Crippen LogP contribution in [0.3, 0.4) is 0 Å². The maximum atomic E-state index is 4.81. The quantitative estimate of drug-likeness (QED) is 0.585. The molecule has 27 heavy (non-hydrogen) atoms. The minimum Gasteiger partial charge on any atom is -0.357 e. The number of nitrogens with zero attached hydrogens (tertiary/aromatic N) is 3. The van der Waals surface area contributed by atoms with Crippen LogP contribution in [0.5, 0.6) is 0 Å². The molecule has 1 aromatic heterocycles. The van der Waals surface area contributed by atoms with Crippen molar-refractivity contribution in [2.24, 2.45) is 4.99 Å². The smallest absolute Gasteiger partial charge is 0.191 e. The van der Waals surface area contributed by atoms with Crippen LogP contribution in [0.25, 0.3) is 0 Å². The summed E-state index contributed by atoms with van der Waals surface area (Å²) in [5.74, 6) is 0.887. The number of aromatic nitrogens is 1. The van der Waals surface area contributed by atoms with E-state index >= 15 is 0 Å². The lowest BCUT2D eigenvalue weighted by Crippen LogP contribution is -2.42. The summed E-state index contributed by atoms with van der Waals surface area (Å²) in [7, 11) is 0. The van der Waals surface area contributed by atoms with E-state index in [1.807, 2.05) is 18.3 Å². The second kappa shape index (κ2) is 10.1. The summed E-state index contributed by atoms with van der Waals surface area (Å²) in [6.07, 6.45) is 3.86. The van der Waals surface area contributed by atoms with Crippen LogP contribution in [-0.2, 0) is 19.4 Å². The molecule has 1 aliphatic heterocycles.